The van der Waals surface area contributed by atoms with E-state index in [1.807, 2.05) is 45.0 Å². The third kappa shape index (κ3) is 2.70. The Morgan fingerprint density at radius 1 is 1.33 bits per heavy atom. The highest BCUT2D eigenvalue weighted by atomic mass is 79.9. The van der Waals surface area contributed by atoms with E-state index in [1.54, 1.807) is 6.20 Å². The summed E-state index contributed by atoms with van der Waals surface area (Å²) in [4.78, 5) is 8.91. The van der Waals surface area contributed by atoms with Gasteiger partial charge >= 0.3 is 0 Å². The van der Waals surface area contributed by atoms with E-state index in [1.165, 1.54) is 0 Å². The lowest BCUT2D eigenvalue weighted by Crippen LogP contribution is -2.28. The molecule has 0 fully saturated rings. The number of nitrogens with two attached hydrogens (primary N) is 1. The highest BCUT2D eigenvalue weighted by Gasteiger charge is 2.16. The maximum Gasteiger partial charge on any atom is 0.105 e. The van der Waals surface area contributed by atoms with Gasteiger partial charge in [0, 0.05) is 21.5 Å². The zero-order chi connectivity index (χ0) is 13.3. The summed E-state index contributed by atoms with van der Waals surface area (Å²) >= 11 is 3.42. The summed E-state index contributed by atoms with van der Waals surface area (Å²) in [6.45, 7) is 6.13. The summed E-state index contributed by atoms with van der Waals surface area (Å²) in [7, 11) is 0. The number of benzene rings is 1. The molecular weight excluding hydrogens is 290 g/mol. The van der Waals surface area contributed by atoms with E-state index < -0.39 is 0 Å². The van der Waals surface area contributed by atoms with Crippen LogP contribution in [0.4, 0.5) is 5.69 Å². The van der Waals surface area contributed by atoms with Crippen molar-refractivity contribution in [3.8, 4) is 0 Å². The summed E-state index contributed by atoms with van der Waals surface area (Å²) < 4.78 is 0.958. The molecule has 0 saturated heterocycles. The number of aliphatic imine (C=N–C) groups is 1. The molecule has 2 aromatic rings. The third-order valence-electron chi connectivity index (χ3n) is 2.67. The number of amidine groups is 1. The van der Waals surface area contributed by atoms with Gasteiger partial charge in [-0.05, 0) is 28.1 Å². The minimum atomic E-state index is -0.141. The SMILES string of the molecule is CC(C)(C)C(N)=Nc1cccc2cc(Br)cnc12. The van der Waals surface area contributed by atoms with Crippen molar-refractivity contribution in [1.82, 2.24) is 4.98 Å². The zero-order valence-corrected chi connectivity index (χ0v) is 12.3. The third-order valence-corrected chi connectivity index (χ3v) is 3.10. The Morgan fingerprint density at radius 3 is 2.72 bits per heavy atom. The van der Waals surface area contributed by atoms with Crippen molar-refractivity contribution in [3.63, 3.8) is 0 Å². The molecule has 18 heavy (non-hydrogen) atoms. The number of nitrogens with zero attached hydrogens (tertiary/aromatic N) is 2. The van der Waals surface area contributed by atoms with E-state index in [0.29, 0.717) is 5.84 Å². The first-order valence-corrected chi connectivity index (χ1v) is 6.56. The molecule has 3 nitrogen and oxygen atoms in total. The van der Waals surface area contributed by atoms with Crippen LogP contribution in [0.3, 0.4) is 0 Å². The predicted octanol–water partition coefficient (Wildman–Crippen LogP) is 4.03. The van der Waals surface area contributed by atoms with Crippen molar-refractivity contribution in [3.05, 3.63) is 34.9 Å². The molecule has 0 spiro atoms. The molecule has 2 rings (SSSR count). The van der Waals surface area contributed by atoms with Gasteiger partial charge in [-0.2, -0.15) is 0 Å². The van der Waals surface area contributed by atoms with Gasteiger partial charge in [0.25, 0.3) is 0 Å². The summed E-state index contributed by atoms with van der Waals surface area (Å²) in [5, 5.41) is 1.05. The van der Waals surface area contributed by atoms with Gasteiger partial charge in [-0.1, -0.05) is 32.9 Å². The molecule has 2 N–H and O–H groups in total. The second-order valence-corrected chi connectivity index (χ2v) is 6.17. The molecule has 0 aliphatic carbocycles. The van der Waals surface area contributed by atoms with E-state index in [4.69, 9.17) is 5.73 Å². The Bertz CT molecular complexity index is 612. The van der Waals surface area contributed by atoms with Gasteiger partial charge in [-0.15, -0.1) is 0 Å². The van der Waals surface area contributed by atoms with Crippen molar-refractivity contribution in [1.29, 1.82) is 0 Å². The van der Waals surface area contributed by atoms with Gasteiger partial charge in [0.15, 0.2) is 0 Å². The average molecular weight is 306 g/mol. The summed E-state index contributed by atoms with van der Waals surface area (Å²) in [6.07, 6.45) is 1.77. The van der Waals surface area contributed by atoms with Crippen LogP contribution in [0.1, 0.15) is 20.8 Å². The fourth-order valence-electron chi connectivity index (χ4n) is 1.51. The van der Waals surface area contributed by atoms with Crippen LogP contribution in [0.25, 0.3) is 10.9 Å². The maximum atomic E-state index is 6.02. The van der Waals surface area contributed by atoms with Crippen molar-refractivity contribution in [2.75, 3.05) is 0 Å². The summed E-state index contributed by atoms with van der Waals surface area (Å²) in [5.41, 5.74) is 7.56. The second kappa shape index (κ2) is 4.69. The second-order valence-electron chi connectivity index (χ2n) is 5.25. The molecule has 1 aromatic carbocycles. The molecule has 4 heteroatoms. The van der Waals surface area contributed by atoms with Crippen LogP contribution in [-0.2, 0) is 0 Å². The van der Waals surface area contributed by atoms with Crippen molar-refractivity contribution >= 4 is 38.4 Å². The molecule has 0 unspecified atom stereocenters. The van der Waals surface area contributed by atoms with E-state index in [9.17, 15) is 0 Å². The number of para-hydroxylation sites is 1. The van der Waals surface area contributed by atoms with Gasteiger partial charge in [-0.3, -0.25) is 4.98 Å². The fraction of sp³-hybridized carbons (Fsp3) is 0.286. The van der Waals surface area contributed by atoms with E-state index in [-0.39, 0.29) is 5.41 Å². The van der Waals surface area contributed by atoms with Crippen LogP contribution in [0, 0.1) is 5.41 Å². The Balaban J connectivity index is 2.59. The normalized spacial score (nSPS) is 13.0. The van der Waals surface area contributed by atoms with Crippen LogP contribution in [-0.4, -0.2) is 10.8 Å². The fourth-order valence-corrected chi connectivity index (χ4v) is 1.85. The largest absolute Gasteiger partial charge is 0.387 e. The van der Waals surface area contributed by atoms with Crippen LogP contribution in [0.2, 0.25) is 0 Å². The number of hydrogen-bond acceptors (Lipinski definition) is 2. The van der Waals surface area contributed by atoms with Crippen molar-refractivity contribution in [2.24, 2.45) is 16.1 Å². The molecule has 0 radical (unpaired) electrons. The lowest BCUT2D eigenvalue weighted by molar-refractivity contribution is 0.585. The number of pyridine rings is 1. The standard InChI is InChI=1S/C14H16BrN3/c1-14(2,3)13(16)18-11-6-4-5-9-7-10(15)8-17-12(9)11/h4-8H,1-3H3,(H2,16,18). The zero-order valence-electron chi connectivity index (χ0n) is 10.7. The first kappa shape index (κ1) is 13.0. The van der Waals surface area contributed by atoms with Gasteiger partial charge in [0.05, 0.1) is 11.2 Å². The molecule has 1 aromatic heterocycles. The van der Waals surface area contributed by atoms with E-state index in [2.05, 4.69) is 25.9 Å². The Morgan fingerprint density at radius 2 is 2.06 bits per heavy atom. The maximum absolute atomic E-state index is 6.02. The molecule has 1 heterocycles. The minimum Gasteiger partial charge on any atom is -0.387 e. The molecule has 94 valence electrons. The monoisotopic (exact) mass is 305 g/mol. The van der Waals surface area contributed by atoms with Gasteiger partial charge in [-0.25, -0.2) is 4.99 Å². The Labute approximate surface area is 115 Å². The van der Waals surface area contributed by atoms with Crippen LogP contribution >= 0.6 is 15.9 Å². The lowest BCUT2D eigenvalue weighted by Gasteiger charge is -2.17. The van der Waals surface area contributed by atoms with E-state index >= 15 is 0 Å². The van der Waals surface area contributed by atoms with Gasteiger partial charge in [0.2, 0.25) is 0 Å². The van der Waals surface area contributed by atoms with E-state index in [0.717, 1.165) is 21.1 Å². The van der Waals surface area contributed by atoms with Crippen molar-refractivity contribution < 1.29 is 0 Å². The first-order chi connectivity index (χ1) is 8.38. The molecule has 0 atom stereocenters. The van der Waals surface area contributed by atoms with Gasteiger partial charge < -0.3 is 5.73 Å². The van der Waals surface area contributed by atoms with Crippen LogP contribution in [0.15, 0.2) is 39.9 Å². The summed E-state index contributed by atoms with van der Waals surface area (Å²) in [5.74, 6) is 0.611. The molecule has 0 amide bonds. The topological polar surface area (TPSA) is 51.3 Å². The average Bonchev–Trinajstić information content (AvgIpc) is 2.27. The Kier molecular flexibility index (Phi) is 3.39. The number of halogens is 1. The number of hydrogen-bond donors (Lipinski definition) is 1. The lowest BCUT2D eigenvalue weighted by atomic mass is 9.95. The number of aromatic nitrogens is 1. The van der Waals surface area contributed by atoms with Crippen molar-refractivity contribution in [2.45, 2.75) is 20.8 Å². The highest BCUT2D eigenvalue weighted by Crippen LogP contribution is 2.27. The van der Waals surface area contributed by atoms with Crippen LogP contribution in [0.5, 0.6) is 0 Å². The first-order valence-electron chi connectivity index (χ1n) is 5.77. The molecule has 0 aliphatic rings. The Hall–Kier alpha value is -1.42. The van der Waals surface area contributed by atoms with Crippen LogP contribution < -0.4 is 5.73 Å². The quantitative estimate of drug-likeness (QED) is 0.639. The highest BCUT2D eigenvalue weighted by molar-refractivity contribution is 9.10. The smallest absolute Gasteiger partial charge is 0.105 e. The molecular formula is C14H16BrN3. The predicted molar refractivity (Wildman–Crippen MR) is 80.2 cm³/mol. The molecule has 0 aliphatic heterocycles. The number of rotatable bonds is 1. The molecule has 0 bridgehead atoms. The minimum absolute atomic E-state index is 0.141. The molecule has 0 saturated carbocycles. The summed E-state index contributed by atoms with van der Waals surface area (Å²) in [6, 6.07) is 7.93. The van der Waals surface area contributed by atoms with Gasteiger partial charge in [0.1, 0.15) is 5.84 Å². The number of fused-ring (bicyclic) bond motifs is 1.